The van der Waals surface area contributed by atoms with E-state index in [4.69, 9.17) is 5.26 Å². The van der Waals surface area contributed by atoms with Crippen molar-refractivity contribution in [3.8, 4) is 6.07 Å². The first-order chi connectivity index (χ1) is 6.81. The monoisotopic (exact) mass is 186 g/mol. The van der Waals surface area contributed by atoms with Gasteiger partial charge in [0.1, 0.15) is 0 Å². The van der Waals surface area contributed by atoms with Gasteiger partial charge in [-0.2, -0.15) is 5.26 Å². The maximum atomic E-state index is 8.69. The first kappa shape index (κ1) is 9.23. The molecule has 1 atom stereocenters. The molecule has 2 rings (SSSR count). The molecule has 1 aliphatic rings. The second-order valence-electron chi connectivity index (χ2n) is 3.87. The average molecular weight is 186 g/mol. The van der Waals surface area contributed by atoms with Crippen LogP contribution in [0.25, 0.3) is 0 Å². The van der Waals surface area contributed by atoms with E-state index in [0.717, 1.165) is 5.56 Å². The van der Waals surface area contributed by atoms with Crippen molar-refractivity contribution in [2.45, 2.75) is 18.9 Å². The Morgan fingerprint density at radius 2 is 2.07 bits per heavy atom. The van der Waals surface area contributed by atoms with Crippen molar-refractivity contribution < 1.29 is 0 Å². The number of hydrogen-bond donors (Lipinski definition) is 0. The van der Waals surface area contributed by atoms with Crippen LogP contribution in [0.4, 0.5) is 0 Å². The molecule has 0 spiro atoms. The minimum absolute atomic E-state index is 0.558. The Kier molecular flexibility index (Phi) is 2.51. The van der Waals surface area contributed by atoms with Crippen molar-refractivity contribution in [1.82, 2.24) is 4.90 Å². The number of benzene rings is 1. The van der Waals surface area contributed by atoms with Gasteiger partial charge in [-0.05, 0) is 44.1 Å². The van der Waals surface area contributed by atoms with Gasteiger partial charge < -0.3 is 0 Å². The van der Waals surface area contributed by atoms with E-state index >= 15 is 0 Å². The highest BCUT2D eigenvalue weighted by Crippen LogP contribution is 2.30. The zero-order valence-electron chi connectivity index (χ0n) is 8.40. The molecule has 1 saturated heterocycles. The van der Waals surface area contributed by atoms with Gasteiger partial charge in [-0.15, -0.1) is 0 Å². The second-order valence-corrected chi connectivity index (χ2v) is 3.87. The lowest BCUT2D eigenvalue weighted by molar-refractivity contribution is 0.317. The third kappa shape index (κ3) is 1.64. The Bertz CT molecular complexity index is 348. The molecule has 1 heterocycles. The largest absolute Gasteiger partial charge is 0.299 e. The third-order valence-electron chi connectivity index (χ3n) is 2.94. The molecule has 0 aromatic heterocycles. The molecular weight excluding hydrogens is 172 g/mol. The minimum atomic E-state index is 0.558. The molecule has 1 aromatic carbocycles. The first-order valence-electron chi connectivity index (χ1n) is 5.01. The summed E-state index contributed by atoms with van der Waals surface area (Å²) in [6, 6.07) is 10.7. The van der Waals surface area contributed by atoms with Crippen LogP contribution < -0.4 is 0 Å². The lowest BCUT2D eigenvalue weighted by Crippen LogP contribution is -2.17. The van der Waals surface area contributed by atoms with Crippen molar-refractivity contribution in [3.63, 3.8) is 0 Å². The van der Waals surface area contributed by atoms with Gasteiger partial charge in [-0.3, -0.25) is 4.90 Å². The summed E-state index contributed by atoms with van der Waals surface area (Å²) in [5.41, 5.74) is 2.08. The summed E-state index contributed by atoms with van der Waals surface area (Å²) in [5.74, 6) is 0. The van der Waals surface area contributed by atoms with Gasteiger partial charge in [-0.1, -0.05) is 12.1 Å². The summed E-state index contributed by atoms with van der Waals surface area (Å²) < 4.78 is 0. The molecule has 0 radical (unpaired) electrons. The molecule has 0 unspecified atom stereocenters. The SMILES string of the molecule is CN1CCC[C@@H]1c1ccc(C#N)cc1. The standard InChI is InChI=1S/C12H14N2/c1-14-8-2-3-12(14)11-6-4-10(9-13)5-7-11/h4-7,12H,2-3,8H2,1H3/t12-/m1/s1. The zero-order chi connectivity index (χ0) is 9.97. The number of nitriles is 1. The normalized spacial score (nSPS) is 22.1. The minimum Gasteiger partial charge on any atom is -0.299 e. The van der Waals surface area contributed by atoms with Crippen molar-refractivity contribution >= 4 is 0 Å². The van der Waals surface area contributed by atoms with E-state index in [-0.39, 0.29) is 0 Å². The van der Waals surface area contributed by atoms with Gasteiger partial charge in [0.25, 0.3) is 0 Å². The van der Waals surface area contributed by atoms with Crippen molar-refractivity contribution in [1.29, 1.82) is 5.26 Å². The van der Waals surface area contributed by atoms with E-state index in [2.05, 4.69) is 30.1 Å². The molecule has 2 nitrogen and oxygen atoms in total. The summed E-state index contributed by atoms with van der Waals surface area (Å²) in [5, 5.41) is 8.69. The van der Waals surface area contributed by atoms with Crippen LogP contribution in [0.3, 0.4) is 0 Å². The van der Waals surface area contributed by atoms with E-state index < -0.39 is 0 Å². The maximum absolute atomic E-state index is 8.69. The van der Waals surface area contributed by atoms with Gasteiger partial charge in [0.15, 0.2) is 0 Å². The molecule has 1 aliphatic heterocycles. The molecule has 72 valence electrons. The summed E-state index contributed by atoms with van der Waals surface area (Å²) in [6.45, 7) is 1.19. The van der Waals surface area contributed by atoms with Crippen LogP contribution in [0.15, 0.2) is 24.3 Å². The van der Waals surface area contributed by atoms with Crippen LogP contribution in [0.1, 0.15) is 30.0 Å². The first-order valence-corrected chi connectivity index (χ1v) is 5.01. The number of nitrogens with zero attached hydrogens (tertiary/aromatic N) is 2. The van der Waals surface area contributed by atoms with Crippen LogP contribution >= 0.6 is 0 Å². The van der Waals surface area contributed by atoms with Crippen molar-refractivity contribution in [2.24, 2.45) is 0 Å². The maximum Gasteiger partial charge on any atom is 0.0991 e. The highest BCUT2D eigenvalue weighted by atomic mass is 15.1. The number of likely N-dealkylation sites (tertiary alicyclic amines) is 1. The lowest BCUT2D eigenvalue weighted by Gasteiger charge is -2.19. The Morgan fingerprint density at radius 1 is 1.36 bits per heavy atom. The quantitative estimate of drug-likeness (QED) is 0.673. The Balaban J connectivity index is 2.21. The lowest BCUT2D eigenvalue weighted by atomic mass is 10.0. The Labute approximate surface area is 84.8 Å². The molecule has 0 saturated carbocycles. The van der Waals surface area contributed by atoms with E-state index in [1.807, 2.05) is 12.1 Å². The smallest absolute Gasteiger partial charge is 0.0991 e. The van der Waals surface area contributed by atoms with Crippen molar-refractivity contribution in [3.05, 3.63) is 35.4 Å². The zero-order valence-corrected chi connectivity index (χ0v) is 8.40. The molecule has 1 aromatic rings. The number of hydrogen-bond acceptors (Lipinski definition) is 2. The molecule has 1 fully saturated rings. The van der Waals surface area contributed by atoms with Gasteiger partial charge >= 0.3 is 0 Å². The molecule has 0 amide bonds. The molecule has 0 aliphatic carbocycles. The third-order valence-corrected chi connectivity index (χ3v) is 2.94. The summed E-state index contributed by atoms with van der Waals surface area (Å²) in [4.78, 5) is 2.38. The van der Waals surface area contributed by atoms with Gasteiger partial charge in [0.05, 0.1) is 11.6 Å². The van der Waals surface area contributed by atoms with Crippen LogP contribution in [0.5, 0.6) is 0 Å². The summed E-state index contributed by atoms with van der Waals surface area (Å²) in [6.07, 6.45) is 2.52. The van der Waals surface area contributed by atoms with E-state index in [0.29, 0.717) is 6.04 Å². The van der Waals surface area contributed by atoms with Gasteiger partial charge in [0.2, 0.25) is 0 Å². The van der Waals surface area contributed by atoms with E-state index in [1.54, 1.807) is 0 Å². The second kappa shape index (κ2) is 3.81. The predicted octanol–water partition coefficient (Wildman–Crippen LogP) is 2.32. The fourth-order valence-electron chi connectivity index (χ4n) is 2.11. The van der Waals surface area contributed by atoms with Crippen LogP contribution in [-0.4, -0.2) is 18.5 Å². The fraction of sp³-hybridized carbons (Fsp3) is 0.417. The molecular formula is C12H14N2. The van der Waals surface area contributed by atoms with Crippen molar-refractivity contribution in [2.75, 3.05) is 13.6 Å². The fourth-order valence-corrected chi connectivity index (χ4v) is 2.11. The van der Waals surface area contributed by atoms with Gasteiger partial charge in [0, 0.05) is 6.04 Å². The van der Waals surface area contributed by atoms with Crippen LogP contribution in [0.2, 0.25) is 0 Å². The van der Waals surface area contributed by atoms with Crippen LogP contribution in [0, 0.1) is 11.3 Å². The highest BCUT2D eigenvalue weighted by molar-refractivity contribution is 5.33. The molecule has 0 N–H and O–H groups in total. The molecule has 2 heteroatoms. The van der Waals surface area contributed by atoms with E-state index in [1.165, 1.54) is 24.9 Å². The van der Waals surface area contributed by atoms with Crippen LogP contribution in [-0.2, 0) is 0 Å². The topological polar surface area (TPSA) is 27.0 Å². The highest BCUT2D eigenvalue weighted by Gasteiger charge is 2.21. The predicted molar refractivity (Wildman–Crippen MR) is 55.8 cm³/mol. The van der Waals surface area contributed by atoms with Gasteiger partial charge in [-0.25, -0.2) is 0 Å². The molecule has 14 heavy (non-hydrogen) atoms. The average Bonchev–Trinajstić information content (AvgIpc) is 2.65. The summed E-state index contributed by atoms with van der Waals surface area (Å²) >= 11 is 0. The summed E-state index contributed by atoms with van der Waals surface area (Å²) in [7, 11) is 2.16. The molecule has 0 bridgehead atoms. The Morgan fingerprint density at radius 3 is 2.57 bits per heavy atom. The number of rotatable bonds is 1. The Hall–Kier alpha value is -1.33. The van der Waals surface area contributed by atoms with E-state index in [9.17, 15) is 0 Å².